The molecule has 1 aromatic carbocycles. The van der Waals surface area contributed by atoms with E-state index in [2.05, 4.69) is 5.32 Å². The molecule has 0 radical (unpaired) electrons. The van der Waals surface area contributed by atoms with Gasteiger partial charge in [-0.3, -0.25) is 14.4 Å². The van der Waals surface area contributed by atoms with Crippen LogP contribution in [0.1, 0.15) is 48.0 Å². The fraction of sp³-hybridized carbons (Fsp3) is 0.346. The number of ketones is 3. The highest BCUT2D eigenvalue weighted by molar-refractivity contribution is 6.31. The van der Waals surface area contributed by atoms with Crippen LogP contribution in [0.25, 0.3) is 0 Å². The minimum atomic E-state index is -1.60. The molecule has 4 rings (SSSR count). The molecule has 1 aromatic heterocycles. The van der Waals surface area contributed by atoms with Gasteiger partial charge in [0.05, 0.1) is 30.1 Å². The van der Waals surface area contributed by atoms with Gasteiger partial charge in [-0.25, -0.2) is 0 Å². The summed E-state index contributed by atoms with van der Waals surface area (Å²) < 4.78 is 16.3. The lowest BCUT2D eigenvalue weighted by Crippen LogP contribution is -2.41. The molecule has 2 heterocycles. The number of Topliss-reactive ketones (excluding diaryl/α,β-unsaturated/α-hetero) is 2. The number of ether oxygens (including phenoxy) is 2. The second kappa shape index (κ2) is 9.29. The quantitative estimate of drug-likeness (QED) is 0.243. The molecule has 10 heteroatoms. The predicted octanol–water partition coefficient (Wildman–Crippen LogP) is 2.33. The third-order valence-corrected chi connectivity index (χ3v) is 6.50. The highest BCUT2D eigenvalue weighted by Gasteiger charge is 2.56. The van der Waals surface area contributed by atoms with Gasteiger partial charge in [-0.05, 0) is 39.8 Å². The lowest BCUT2D eigenvalue weighted by atomic mass is 9.70. The lowest BCUT2D eigenvalue weighted by Gasteiger charge is -2.29. The maximum absolute atomic E-state index is 13.7. The van der Waals surface area contributed by atoms with E-state index in [1.54, 1.807) is 12.1 Å². The van der Waals surface area contributed by atoms with Gasteiger partial charge in [0.25, 0.3) is 0 Å². The maximum atomic E-state index is 13.7. The molecule has 2 unspecified atom stereocenters. The molecule has 10 nitrogen and oxygen atoms in total. The number of hydrogen-bond acceptors (Lipinski definition) is 10. The average Bonchev–Trinajstić information content (AvgIpc) is 3.43. The van der Waals surface area contributed by atoms with Crippen molar-refractivity contribution in [2.75, 3.05) is 13.2 Å². The molecule has 2 aliphatic rings. The van der Waals surface area contributed by atoms with Crippen molar-refractivity contribution in [3.8, 4) is 17.2 Å². The largest absolute Gasteiger partial charge is 0.507 e. The van der Waals surface area contributed by atoms with Crippen LogP contribution in [0, 0.1) is 6.92 Å². The summed E-state index contributed by atoms with van der Waals surface area (Å²) >= 11 is 0. The minimum Gasteiger partial charge on any atom is -0.507 e. The first-order chi connectivity index (χ1) is 17.0. The molecule has 0 spiro atoms. The van der Waals surface area contributed by atoms with Gasteiger partial charge < -0.3 is 34.5 Å². The number of carbonyl (C=O) groups excluding carboxylic acids is 3. The summed E-state index contributed by atoms with van der Waals surface area (Å²) in [5, 5.41) is 34.4. The highest BCUT2D eigenvalue weighted by atomic mass is 16.5. The van der Waals surface area contributed by atoms with E-state index in [-0.39, 0.29) is 59.2 Å². The van der Waals surface area contributed by atoms with Crippen LogP contribution in [0.3, 0.4) is 0 Å². The highest BCUT2D eigenvalue weighted by Crippen LogP contribution is 2.57. The first-order valence-corrected chi connectivity index (χ1v) is 11.3. The predicted molar refractivity (Wildman–Crippen MR) is 126 cm³/mol. The molecule has 2 aromatic rings. The Morgan fingerprint density at radius 1 is 1.22 bits per heavy atom. The molecule has 190 valence electrons. The summed E-state index contributed by atoms with van der Waals surface area (Å²) in [6.07, 6.45) is 1.72. The first-order valence-electron chi connectivity index (χ1n) is 11.3. The fourth-order valence-corrected chi connectivity index (χ4v) is 4.47. The van der Waals surface area contributed by atoms with E-state index >= 15 is 0 Å². The smallest absolute Gasteiger partial charge is 0.194 e. The summed E-state index contributed by atoms with van der Waals surface area (Å²) in [6, 6.07) is 3.47. The number of aromatic hydroxyl groups is 2. The Morgan fingerprint density at radius 2 is 1.94 bits per heavy atom. The summed E-state index contributed by atoms with van der Waals surface area (Å²) in [5.74, 6) is -2.21. The SMILES string of the molecule is CC(=O)c1c(O)c(C)c(O)c2c1OC1=CC(=O)C(=C(C)NCC(O)COCc3ccco3)C(=O)C12C. The number of carbonyl (C=O) groups is 3. The number of aliphatic hydroxyl groups is 1. The Balaban J connectivity index is 1.60. The van der Waals surface area contributed by atoms with Crippen molar-refractivity contribution >= 4 is 17.3 Å². The second-order valence-electron chi connectivity index (χ2n) is 9.02. The zero-order valence-corrected chi connectivity index (χ0v) is 20.3. The zero-order valence-electron chi connectivity index (χ0n) is 20.3. The molecule has 0 bridgehead atoms. The van der Waals surface area contributed by atoms with Crippen molar-refractivity contribution in [2.45, 2.75) is 45.8 Å². The van der Waals surface area contributed by atoms with Crippen molar-refractivity contribution in [3.05, 3.63) is 64.0 Å². The third-order valence-electron chi connectivity index (χ3n) is 6.50. The minimum absolute atomic E-state index is 0.00113. The van der Waals surface area contributed by atoms with E-state index in [0.29, 0.717) is 5.76 Å². The van der Waals surface area contributed by atoms with Crippen LogP contribution in [-0.4, -0.2) is 51.9 Å². The van der Waals surface area contributed by atoms with Crippen molar-refractivity contribution in [1.82, 2.24) is 5.32 Å². The van der Waals surface area contributed by atoms with E-state index in [1.165, 1.54) is 34.0 Å². The number of phenolic OH excluding ortho intramolecular Hbond substituents is 2. The van der Waals surface area contributed by atoms with Gasteiger partial charge in [-0.1, -0.05) is 0 Å². The van der Waals surface area contributed by atoms with E-state index < -0.39 is 40.4 Å². The van der Waals surface area contributed by atoms with Crippen LogP contribution in [0.4, 0.5) is 0 Å². The van der Waals surface area contributed by atoms with Crippen LogP contribution in [0.2, 0.25) is 0 Å². The van der Waals surface area contributed by atoms with Gasteiger partial charge in [0.2, 0.25) is 0 Å². The number of aliphatic hydroxyl groups excluding tert-OH is 1. The number of rotatable bonds is 8. The normalized spacial score (nSPS) is 20.9. The van der Waals surface area contributed by atoms with Crippen LogP contribution in [0.15, 0.2) is 45.9 Å². The van der Waals surface area contributed by atoms with Crippen LogP contribution in [-0.2, 0) is 26.3 Å². The molecule has 0 fully saturated rings. The molecular weight excluding hydrogens is 470 g/mol. The summed E-state index contributed by atoms with van der Waals surface area (Å²) in [7, 11) is 0. The molecule has 2 atom stereocenters. The van der Waals surface area contributed by atoms with Crippen LogP contribution >= 0.6 is 0 Å². The first kappa shape index (κ1) is 25.2. The van der Waals surface area contributed by atoms with E-state index in [4.69, 9.17) is 13.9 Å². The number of fused-ring (bicyclic) bond motifs is 3. The fourth-order valence-electron chi connectivity index (χ4n) is 4.47. The van der Waals surface area contributed by atoms with Gasteiger partial charge in [0.15, 0.2) is 17.3 Å². The Morgan fingerprint density at radius 3 is 2.58 bits per heavy atom. The van der Waals surface area contributed by atoms with Crippen molar-refractivity contribution in [3.63, 3.8) is 0 Å². The van der Waals surface area contributed by atoms with Gasteiger partial charge >= 0.3 is 0 Å². The van der Waals surface area contributed by atoms with Gasteiger partial charge in [-0.15, -0.1) is 0 Å². The van der Waals surface area contributed by atoms with Crippen LogP contribution < -0.4 is 10.1 Å². The molecule has 36 heavy (non-hydrogen) atoms. The van der Waals surface area contributed by atoms with Crippen molar-refractivity contribution in [1.29, 1.82) is 0 Å². The number of furan rings is 1. The Labute approximate surface area is 206 Å². The Bertz CT molecular complexity index is 1320. The standard InChI is InChI=1S/C26H27NO9/c1-12-22(31)20(14(3)28)24-21(23(12)32)26(4)18(36-24)8-17(30)19(25(26)33)13(2)27-9-15(29)10-34-11-16-6-5-7-35-16/h5-8,15,27,29,31-32H,9-11H2,1-4H3. The monoisotopic (exact) mass is 497 g/mol. The maximum Gasteiger partial charge on any atom is 0.194 e. The Kier molecular flexibility index (Phi) is 6.50. The molecule has 0 saturated carbocycles. The van der Waals surface area contributed by atoms with E-state index in [9.17, 15) is 29.7 Å². The van der Waals surface area contributed by atoms with E-state index in [1.807, 2.05) is 0 Å². The van der Waals surface area contributed by atoms with Gasteiger partial charge in [-0.2, -0.15) is 0 Å². The van der Waals surface area contributed by atoms with Crippen molar-refractivity contribution < 1.29 is 43.6 Å². The summed E-state index contributed by atoms with van der Waals surface area (Å²) in [6.45, 7) is 5.84. The molecule has 0 amide bonds. The van der Waals surface area contributed by atoms with Gasteiger partial charge in [0.1, 0.15) is 46.4 Å². The number of hydrogen-bond donors (Lipinski definition) is 4. The Hall–Kier alpha value is -3.89. The van der Waals surface area contributed by atoms with E-state index in [0.717, 1.165) is 6.08 Å². The van der Waals surface area contributed by atoms with Gasteiger partial charge in [0, 0.05) is 23.9 Å². The molecule has 4 N–H and O–H groups in total. The zero-order chi connectivity index (χ0) is 26.4. The number of benzene rings is 1. The molecule has 0 saturated heterocycles. The lowest BCUT2D eigenvalue weighted by molar-refractivity contribution is -0.123. The average molecular weight is 498 g/mol. The molecule has 1 aliphatic carbocycles. The number of allylic oxidation sites excluding steroid dienone is 4. The summed E-state index contributed by atoms with van der Waals surface area (Å²) in [5.41, 5.74) is -1.68. The van der Waals surface area contributed by atoms with Crippen LogP contribution in [0.5, 0.6) is 17.2 Å². The van der Waals surface area contributed by atoms with Crippen molar-refractivity contribution in [2.24, 2.45) is 0 Å². The second-order valence-corrected chi connectivity index (χ2v) is 9.02. The number of nitrogens with one attached hydrogen (secondary N) is 1. The topological polar surface area (TPSA) is 156 Å². The number of phenols is 2. The molecular formula is C26H27NO9. The molecule has 1 aliphatic heterocycles. The summed E-state index contributed by atoms with van der Waals surface area (Å²) in [4.78, 5) is 38.9. The third kappa shape index (κ3) is 3.98.